The number of ether oxygens (including phenoxy) is 1. The molecule has 0 saturated carbocycles. The molecule has 3 heterocycles. The second kappa shape index (κ2) is 7.85. The Balaban J connectivity index is 2.02. The largest absolute Gasteiger partial charge is 0.475 e. The van der Waals surface area contributed by atoms with Crippen LogP contribution >= 0.6 is 0 Å². The van der Waals surface area contributed by atoms with Gasteiger partial charge in [-0.15, -0.1) is 6.58 Å². The van der Waals surface area contributed by atoms with Gasteiger partial charge in [0.25, 0.3) is 0 Å². The van der Waals surface area contributed by atoms with Crippen LogP contribution in [0.25, 0.3) is 11.1 Å². The van der Waals surface area contributed by atoms with Crippen LogP contribution in [0.3, 0.4) is 0 Å². The maximum Gasteiger partial charge on any atom is 0.248 e. The third-order valence-electron chi connectivity index (χ3n) is 4.00. The smallest absolute Gasteiger partial charge is 0.248 e. The quantitative estimate of drug-likeness (QED) is 0.787. The van der Waals surface area contributed by atoms with Crippen molar-refractivity contribution in [1.82, 2.24) is 14.3 Å². The Bertz CT molecular complexity index is 975. The molecule has 0 radical (unpaired) electrons. The van der Waals surface area contributed by atoms with Gasteiger partial charge in [0.15, 0.2) is 0 Å². The number of sulfonamides is 1. The number of carbonyl (C=O) groups is 1. The van der Waals surface area contributed by atoms with Crippen LogP contribution in [-0.2, 0) is 14.8 Å². The summed E-state index contributed by atoms with van der Waals surface area (Å²) in [6, 6.07) is 4.91. The Morgan fingerprint density at radius 2 is 2.19 bits per heavy atom. The molecule has 0 fully saturated rings. The molecular formula is C18H20N4O4S. The maximum absolute atomic E-state index is 13.0. The van der Waals surface area contributed by atoms with E-state index in [2.05, 4.69) is 21.9 Å². The topological polar surface area (TPSA) is 101 Å². The predicted molar refractivity (Wildman–Crippen MR) is 101 cm³/mol. The van der Waals surface area contributed by atoms with Gasteiger partial charge in [-0.3, -0.25) is 4.79 Å². The molecule has 2 aromatic rings. The van der Waals surface area contributed by atoms with E-state index >= 15 is 0 Å². The van der Waals surface area contributed by atoms with Crippen LogP contribution in [0.4, 0.5) is 5.82 Å². The van der Waals surface area contributed by atoms with Gasteiger partial charge in [0, 0.05) is 38.0 Å². The summed E-state index contributed by atoms with van der Waals surface area (Å²) in [4.78, 5) is 19.5. The molecule has 1 amide bonds. The van der Waals surface area contributed by atoms with Crippen LogP contribution in [-0.4, -0.2) is 48.3 Å². The van der Waals surface area contributed by atoms with Gasteiger partial charge >= 0.3 is 0 Å². The molecule has 27 heavy (non-hydrogen) atoms. The zero-order valence-corrected chi connectivity index (χ0v) is 15.7. The fraction of sp³-hybridized carbons (Fsp3) is 0.278. The molecule has 1 aliphatic heterocycles. The minimum Gasteiger partial charge on any atom is -0.475 e. The number of anilines is 1. The van der Waals surface area contributed by atoms with Gasteiger partial charge in [-0.1, -0.05) is 6.08 Å². The lowest BCUT2D eigenvalue weighted by molar-refractivity contribution is -0.114. The first-order chi connectivity index (χ1) is 12.9. The fourth-order valence-electron chi connectivity index (χ4n) is 2.71. The van der Waals surface area contributed by atoms with E-state index in [-0.39, 0.29) is 29.8 Å². The van der Waals surface area contributed by atoms with Gasteiger partial charge in [0.2, 0.25) is 21.8 Å². The average Bonchev–Trinajstić information content (AvgIpc) is 2.75. The summed E-state index contributed by atoms with van der Waals surface area (Å²) in [5.74, 6) is 0.228. The normalized spacial score (nSPS) is 15.9. The molecule has 1 aliphatic rings. The highest BCUT2D eigenvalue weighted by molar-refractivity contribution is 7.89. The molecule has 0 atom stereocenters. The highest BCUT2D eigenvalue weighted by Crippen LogP contribution is 2.32. The number of carbonyl (C=O) groups excluding carboxylic acids is 1. The summed E-state index contributed by atoms with van der Waals surface area (Å²) in [5, 5.41) is 2.60. The van der Waals surface area contributed by atoms with Crippen molar-refractivity contribution in [3.05, 3.63) is 43.2 Å². The first-order valence-electron chi connectivity index (χ1n) is 8.39. The van der Waals surface area contributed by atoms with E-state index in [4.69, 9.17) is 4.74 Å². The van der Waals surface area contributed by atoms with Gasteiger partial charge in [0.1, 0.15) is 17.3 Å². The molecule has 1 N–H and O–H groups in total. The molecular weight excluding hydrogens is 368 g/mol. The number of hydrogen-bond acceptors (Lipinski definition) is 6. The van der Waals surface area contributed by atoms with Gasteiger partial charge in [-0.2, -0.15) is 4.31 Å². The summed E-state index contributed by atoms with van der Waals surface area (Å²) >= 11 is 0. The van der Waals surface area contributed by atoms with E-state index in [9.17, 15) is 13.2 Å². The molecule has 0 aliphatic carbocycles. The Morgan fingerprint density at radius 1 is 1.37 bits per heavy atom. The zero-order valence-electron chi connectivity index (χ0n) is 14.9. The van der Waals surface area contributed by atoms with Crippen molar-refractivity contribution in [2.24, 2.45) is 0 Å². The molecule has 9 heteroatoms. The lowest BCUT2D eigenvalue weighted by Gasteiger charge is -2.18. The maximum atomic E-state index is 13.0. The summed E-state index contributed by atoms with van der Waals surface area (Å²) in [6.45, 7) is 5.85. The number of nitrogens with one attached hydrogen (secondary N) is 1. The van der Waals surface area contributed by atoms with Crippen LogP contribution in [0.5, 0.6) is 5.88 Å². The summed E-state index contributed by atoms with van der Waals surface area (Å²) < 4.78 is 33.0. The third kappa shape index (κ3) is 4.15. The standard InChI is InChI=1S/C18H20N4O4S/c1-3-4-7-22-8-9-26-18-16(27(22,24)25)10-15(12-20-18)14-5-6-19-17(11-14)21-13(2)23/h3,5-6,10-12H,1,4,7-9H2,2H3,(H,19,21,23). The van der Waals surface area contributed by atoms with Crippen LogP contribution in [0.15, 0.2) is 48.1 Å². The number of hydrogen-bond donors (Lipinski definition) is 1. The zero-order chi connectivity index (χ0) is 19.4. The number of pyridine rings is 2. The Hall–Kier alpha value is -2.78. The van der Waals surface area contributed by atoms with Crippen LogP contribution in [0, 0.1) is 0 Å². The van der Waals surface area contributed by atoms with Crippen molar-refractivity contribution in [3.63, 3.8) is 0 Å². The molecule has 8 nitrogen and oxygen atoms in total. The molecule has 0 saturated heterocycles. The van der Waals surface area contributed by atoms with Crippen molar-refractivity contribution < 1.29 is 17.9 Å². The van der Waals surface area contributed by atoms with Gasteiger partial charge in [0.05, 0.1) is 0 Å². The second-order valence-corrected chi connectivity index (χ2v) is 7.87. The van der Waals surface area contributed by atoms with E-state index in [1.54, 1.807) is 24.4 Å². The predicted octanol–water partition coefficient (Wildman–Crippen LogP) is 2.06. The van der Waals surface area contributed by atoms with Gasteiger partial charge < -0.3 is 10.1 Å². The Labute approximate surface area is 157 Å². The number of rotatable bonds is 5. The van der Waals surface area contributed by atoms with Gasteiger partial charge in [-0.25, -0.2) is 18.4 Å². The molecule has 0 unspecified atom stereocenters. The van der Waals surface area contributed by atoms with E-state index < -0.39 is 10.0 Å². The Kier molecular flexibility index (Phi) is 5.52. The number of nitrogens with zero attached hydrogens (tertiary/aromatic N) is 3. The molecule has 0 spiro atoms. The first-order valence-corrected chi connectivity index (χ1v) is 9.83. The van der Waals surface area contributed by atoms with Crippen LogP contribution < -0.4 is 10.1 Å². The molecule has 2 aromatic heterocycles. The van der Waals surface area contributed by atoms with E-state index in [1.165, 1.54) is 23.5 Å². The highest BCUT2D eigenvalue weighted by Gasteiger charge is 2.31. The lowest BCUT2D eigenvalue weighted by atomic mass is 10.1. The molecule has 142 valence electrons. The number of amides is 1. The second-order valence-electron chi connectivity index (χ2n) is 5.97. The minimum atomic E-state index is -3.74. The van der Waals surface area contributed by atoms with Crippen molar-refractivity contribution in [1.29, 1.82) is 0 Å². The third-order valence-corrected chi connectivity index (χ3v) is 5.89. The first kappa shape index (κ1) is 19.0. The Morgan fingerprint density at radius 3 is 2.93 bits per heavy atom. The van der Waals surface area contributed by atoms with E-state index in [0.29, 0.717) is 29.9 Å². The lowest BCUT2D eigenvalue weighted by Crippen LogP contribution is -2.33. The minimum absolute atomic E-state index is 0.0273. The summed E-state index contributed by atoms with van der Waals surface area (Å²) in [6.07, 6.45) is 5.30. The molecule has 0 aromatic carbocycles. The highest BCUT2D eigenvalue weighted by atomic mass is 32.2. The van der Waals surface area contributed by atoms with Crippen LogP contribution in [0.1, 0.15) is 13.3 Å². The number of fused-ring (bicyclic) bond motifs is 1. The van der Waals surface area contributed by atoms with Crippen LogP contribution in [0.2, 0.25) is 0 Å². The van der Waals surface area contributed by atoms with Crippen molar-refractivity contribution in [2.75, 3.05) is 25.0 Å². The molecule has 3 rings (SSSR count). The fourth-order valence-corrected chi connectivity index (χ4v) is 4.26. The SMILES string of the molecule is C=CCCN1CCOc2ncc(-c3ccnc(NC(C)=O)c3)cc2S1(=O)=O. The van der Waals surface area contributed by atoms with Gasteiger partial charge in [-0.05, 0) is 30.2 Å². The molecule has 0 bridgehead atoms. The van der Waals surface area contributed by atoms with Crippen molar-refractivity contribution in [2.45, 2.75) is 18.2 Å². The summed E-state index contributed by atoms with van der Waals surface area (Å²) in [7, 11) is -3.74. The monoisotopic (exact) mass is 388 g/mol. The summed E-state index contributed by atoms with van der Waals surface area (Å²) in [5.41, 5.74) is 1.27. The van der Waals surface area contributed by atoms with E-state index in [0.717, 1.165) is 0 Å². The van der Waals surface area contributed by atoms with E-state index in [1.807, 2.05) is 0 Å². The average molecular weight is 388 g/mol. The van der Waals surface area contributed by atoms with Crippen molar-refractivity contribution >= 4 is 21.7 Å². The van der Waals surface area contributed by atoms with Crippen molar-refractivity contribution in [3.8, 4) is 17.0 Å². The number of aromatic nitrogens is 2.